The summed E-state index contributed by atoms with van der Waals surface area (Å²) in [4.78, 5) is 29.8. The van der Waals surface area contributed by atoms with Crippen molar-refractivity contribution in [3.05, 3.63) is 71.4 Å². The first kappa shape index (κ1) is 43.9. The maximum Gasteiger partial charge on any atom is 0.329 e. The van der Waals surface area contributed by atoms with Crippen molar-refractivity contribution in [2.24, 2.45) is 29.6 Å². The molecule has 12 unspecified atom stereocenters. The predicted octanol–water partition coefficient (Wildman–Crippen LogP) is 7.53. The van der Waals surface area contributed by atoms with Gasteiger partial charge in [0.2, 0.25) is 5.91 Å². The third-order valence-electron chi connectivity index (χ3n) is 12.0. The molecule has 4 rings (SSSR count). The number of aliphatic hydroxyl groups excluding tert-OH is 2. The maximum atomic E-state index is 14.1. The van der Waals surface area contributed by atoms with Gasteiger partial charge in [0.25, 0.3) is 0 Å². The zero-order chi connectivity index (χ0) is 39.6. The fourth-order valence-corrected chi connectivity index (χ4v) is 8.52. The number of nitrogens with zero attached hydrogens (tertiary/aromatic N) is 1. The first-order valence-corrected chi connectivity index (χ1v) is 20.4. The summed E-state index contributed by atoms with van der Waals surface area (Å²) in [6.07, 6.45) is 21.4. The summed E-state index contributed by atoms with van der Waals surface area (Å²) in [5, 5.41) is 33.4. The lowest BCUT2D eigenvalue weighted by Crippen LogP contribution is -2.56. The average molecular weight is 752 g/mol. The topological polar surface area (TPSA) is 126 Å². The molecule has 0 radical (unpaired) electrons. The van der Waals surface area contributed by atoms with Crippen molar-refractivity contribution in [2.45, 2.75) is 155 Å². The smallest absolute Gasteiger partial charge is 0.329 e. The third-order valence-corrected chi connectivity index (χ3v) is 12.0. The Hall–Kier alpha value is -2.82. The van der Waals surface area contributed by atoms with Crippen LogP contribution < -0.4 is 0 Å². The van der Waals surface area contributed by atoms with E-state index in [1.54, 1.807) is 18.1 Å². The number of carbonyl (C=O) groups excluding carboxylic acids is 2. The second-order valence-corrected chi connectivity index (χ2v) is 16.9. The van der Waals surface area contributed by atoms with Crippen molar-refractivity contribution in [2.75, 3.05) is 13.7 Å². The van der Waals surface area contributed by atoms with E-state index in [9.17, 15) is 24.9 Å². The number of allylic oxidation sites excluding steroid dienone is 9. The molecule has 302 valence electrons. The van der Waals surface area contributed by atoms with Gasteiger partial charge in [0.1, 0.15) is 12.1 Å². The molecule has 54 heavy (non-hydrogen) atoms. The first-order valence-electron chi connectivity index (χ1n) is 20.4. The first-order chi connectivity index (χ1) is 25.6. The van der Waals surface area contributed by atoms with E-state index in [1.165, 1.54) is 0 Å². The summed E-state index contributed by atoms with van der Waals surface area (Å²) in [7, 11) is 1.60. The van der Waals surface area contributed by atoms with Crippen LogP contribution in [0.4, 0.5) is 0 Å². The zero-order valence-electron chi connectivity index (χ0n) is 34.2. The largest absolute Gasteiger partial charge is 0.456 e. The second-order valence-electron chi connectivity index (χ2n) is 16.9. The summed E-state index contributed by atoms with van der Waals surface area (Å²) >= 11 is 0. The Morgan fingerprint density at radius 3 is 2.44 bits per heavy atom. The van der Waals surface area contributed by atoms with Gasteiger partial charge in [0.05, 0.1) is 30.8 Å². The quantitative estimate of drug-likeness (QED) is 0.153. The minimum Gasteiger partial charge on any atom is -0.456 e. The minimum absolute atomic E-state index is 0.0708. The molecule has 2 bridgehead atoms. The van der Waals surface area contributed by atoms with Crippen molar-refractivity contribution in [3.8, 4) is 0 Å². The number of ether oxygens (including phenoxy) is 3. The molecule has 9 heteroatoms. The van der Waals surface area contributed by atoms with Crippen molar-refractivity contribution >= 4 is 11.9 Å². The van der Waals surface area contributed by atoms with Crippen LogP contribution in [0, 0.1) is 29.6 Å². The van der Waals surface area contributed by atoms with E-state index in [2.05, 4.69) is 51.2 Å². The molecular weight excluding hydrogens is 682 g/mol. The molecule has 1 aliphatic carbocycles. The lowest BCUT2D eigenvalue weighted by molar-refractivity contribution is -0.301. The van der Waals surface area contributed by atoms with Crippen LogP contribution in [0.25, 0.3) is 0 Å². The van der Waals surface area contributed by atoms with Gasteiger partial charge >= 0.3 is 5.97 Å². The van der Waals surface area contributed by atoms with Gasteiger partial charge in [-0.05, 0) is 101 Å². The van der Waals surface area contributed by atoms with Gasteiger partial charge in [-0.1, -0.05) is 93.5 Å². The lowest BCUT2D eigenvalue weighted by Gasteiger charge is -2.47. The Bertz CT molecular complexity index is 1440. The number of cyclic esters (lactones) is 1. The van der Waals surface area contributed by atoms with E-state index in [1.807, 2.05) is 45.9 Å². The molecule has 1 amide bonds. The summed E-state index contributed by atoms with van der Waals surface area (Å²) in [5.41, 5.74) is 2.80. The fraction of sp³-hybridized carbons (Fsp3) is 0.689. The molecule has 3 N–H and O–H groups in total. The molecule has 3 heterocycles. The van der Waals surface area contributed by atoms with Gasteiger partial charge in [0.15, 0.2) is 5.79 Å². The Morgan fingerprint density at radius 2 is 1.70 bits per heavy atom. The van der Waals surface area contributed by atoms with Crippen molar-refractivity contribution in [1.82, 2.24) is 4.90 Å². The Kier molecular flexibility index (Phi) is 16.6. The lowest BCUT2D eigenvalue weighted by atomic mass is 9.78. The zero-order valence-corrected chi connectivity index (χ0v) is 34.2. The van der Waals surface area contributed by atoms with Crippen molar-refractivity contribution in [3.63, 3.8) is 0 Å². The van der Waals surface area contributed by atoms with Crippen LogP contribution in [0.3, 0.4) is 0 Å². The van der Waals surface area contributed by atoms with Crippen LogP contribution in [0.15, 0.2) is 71.4 Å². The van der Waals surface area contributed by atoms with E-state index >= 15 is 0 Å². The Morgan fingerprint density at radius 1 is 0.963 bits per heavy atom. The van der Waals surface area contributed by atoms with E-state index in [-0.39, 0.29) is 54.6 Å². The van der Waals surface area contributed by atoms with Gasteiger partial charge in [-0.25, -0.2) is 4.79 Å². The number of aliphatic hydroxyl groups is 3. The maximum absolute atomic E-state index is 14.1. The average Bonchev–Trinajstić information content (AvgIpc) is 3.13. The highest BCUT2D eigenvalue weighted by Gasteiger charge is 2.48. The van der Waals surface area contributed by atoms with Crippen LogP contribution in [-0.2, 0) is 23.8 Å². The van der Waals surface area contributed by atoms with Crippen LogP contribution >= 0.6 is 0 Å². The number of fused-ring (bicyclic) bond motifs is 3. The summed E-state index contributed by atoms with van der Waals surface area (Å²) < 4.78 is 18.2. The highest BCUT2D eigenvalue weighted by molar-refractivity contribution is 5.85. The number of amides is 1. The highest BCUT2D eigenvalue weighted by atomic mass is 16.6. The summed E-state index contributed by atoms with van der Waals surface area (Å²) in [5.74, 6) is -1.94. The van der Waals surface area contributed by atoms with E-state index in [0.717, 1.165) is 48.8 Å². The molecule has 4 aliphatic rings. The summed E-state index contributed by atoms with van der Waals surface area (Å²) in [6.45, 7) is 14.7. The SMILES string of the molecule is COC1CC(/C=C(C)/C=C(\C)C2CC(O)C/C=C(C)/C=C/C(C)C/C=C/CC(C)C3OC(O)(CC(=O)N4CCCCC4C(=O)O2)C(C)CC3C)C=CC1O. The van der Waals surface area contributed by atoms with Crippen LogP contribution in [0.2, 0.25) is 0 Å². The number of rotatable bonds is 4. The molecule has 0 saturated carbocycles. The third kappa shape index (κ3) is 12.3. The van der Waals surface area contributed by atoms with Gasteiger partial charge in [-0.3, -0.25) is 4.79 Å². The second kappa shape index (κ2) is 20.4. The highest BCUT2D eigenvalue weighted by Crippen LogP contribution is 2.41. The monoisotopic (exact) mass is 752 g/mol. The van der Waals surface area contributed by atoms with Gasteiger partial charge in [-0.2, -0.15) is 0 Å². The number of carbonyl (C=O) groups is 2. The molecule has 2 saturated heterocycles. The molecule has 0 spiro atoms. The van der Waals surface area contributed by atoms with Gasteiger partial charge in [0, 0.05) is 26.0 Å². The standard InChI is InChI=1S/C45H69NO8/c1-29-13-9-10-14-32(4)43-34(6)25-35(7)45(51,54-43)28-42(49)46-22-12-11-15-38(46)44(50)53-40(27-37(47)20-18-30(2)17-16-29)33(5)23-31(3)24-36-19-21-39(48)41(26-36)52-8/h9-10,16-19,21,23-24,29,32,34-41,43,47-48,51H,11-15,20,22,25-28H2,1-8H3/b10-9+,17-16+,30-18+,31-24+,33-23+. The number of hydrogen-bond donors (Lipinski definition) is 3. The molecule has 0 aromatic rings. The van der Waals surface area contributed by atoms with Gasteiger partial charge in [-0.15, -0.1) is 0 Å². The molecular formula is C45H69NO8. The Balaban J connectivity index is 1.64. The van der Waals surface area contributed by atoms with Crippen molar-refractivity contribution in [1.29, 1.82) is 0 Å². The Labute approximate surface area is 324 Å². The summed E-state index contributed by atoms with van der Waals surface area (Å²) in [6, 6.07) is -0.794. The molecule has 0 aromatic carbocycles. The molecule has 0 aromatic heterocycles. The van der Waals surface area contributed by atoms with Crippen LogP contribution in [0.1, 0.15) is 113 Å². The van der Waals surface area contributed by atoms with E-state index < -0.39 is 36.1 Å². The molecule has 9 nitrogen and oxygen atoms in total. The van der Waals surface area contributed by atoms with Gasteiger partial charge < -0.3 is 34.4 Å². The number of methoxy groups -OCH3 is 1. The number of piperidine rings is 1. The van der Waals surface area contributed by atoms with Crippen LogP contribution in [-0.4, -0.2) is 88.1 Å². The normalized spacial score (nSPS) is 40.9. The number of esters is 1. The van der Waals surface area contributed by atoms with Crippen LogP contribution in [0.5, 0.6) is 0 Å². The van der Waals surface area contributed by atoms with E-state index in [4.69, 9.17) is 14.2 Å². The fourth-order valence-electron chi connectivity index (χ4n) is 8.52. The minimum atomic E-state index is -1.64. The molecule has 3 aliphatic heterocycles. The molecule has 2 fully saturated rings. The predicted molar refractivity (Wildman–Crippen MR) is 213 cm³/mol. The van der Waals surface area contributed by atoms with Crippen molar-refractivity contribution < 1.29 is 39.1 Å². The number of hydrogen-bond acceptors (Lipinski definition) is 8. The molecule has 12 atom stereocenters. The van der Waals surface area contributed by atoms with E-state index in [0.29, 0.717) is 31.7 Å².